The van der Waals surface area contributed by atoms with Crippen molar-refractivity contribution in [1.29, 1.82) is 0 Å². The van der Waals surface area contributed by atoms with Gasteiger partial charge in [-0.15, -0.1) is 0 Å². The van der Waals surface area contributed by atoms with E-state index in [0.717, 1.165) is 32.6 Å². The minimum Gasteiger partial charge on any atom is -0.334 e. The number of pyridine rings is 1. The molecule has 3 rings (SSSR count). The summed E-state index contributed by atoms with van der Waals surface area (Å²) in [6.45, 7) is 4.29. The lowest BCUT2D eigenvalue weighted by Crippen LogP contribution is -2.01. The Kier molecular flexibility index (Phi) is 3.30. The minimum atomic E-state index is 0.328. The highest BCUT2D eigenvalue weighted by molar-refractivity contribution is 9.10. The van der Waals surface area contributed by atoms with Gasteiger partial charge in [-0.3, -0.25) is 4.98 Å². The Balaban J connectivity index is 2.34. The van der Waals surface area contributed by atoms with Gasteiger partial charge in [0.15, 0.2) is 5.82 Å². The molecule has 0 aliphatic heterocycles. The van der Waals surface area contributed by atoms with Crippen LogP contribution in [0.3, 0.4) is 0 Å². The topological polar surface area (TPSA) is 43.6 Å². The number of aryl methyl sites for hydroxylation is 1. The molecule has 0 bridgehead atoms. The monoisotopic (exact) mass is 330 g/mol. The van der Waals surface area contributed by atoms with Gasteiger partial charge in [0.1, 0.15) is 5.65 Å². The van der Waals surface area contributed by atoms with Crippen LogP contribution in [0, 0.1) is 0 Å². The van der Waals surface area contributed by atoms with Crippen molar-refractivity contribution in [3.05, 3.63) is 40.9 Å². The molecule has 102 valence electrons. The lowest BCUT2D eigenvalue weighted by atomic mass is 10.1. The standard InChI is InChI=1S/C15H15BrN4/c1-9(2)13-12-11(16)8-20(3)15(12)19-14(18-13)10-5-4-6-17-7-10/h4-9H,1-3H3. The fourth-order valence-corrected chi connectivity index (χ4v) is 2.98. The zero-order chi connectivity index (χ0) is 14.3. The fourth-order valence-electron chi connectivity index (χ4n) is 2.29. The van der Waals surface area contributed by atoms with E-state index < -0.39 is 0 Å². The molecule has 0 aliphatic rings. The van der Waals surface area contributed by atoms with Gasteiger partial charge >= 0.3 is 0 Å². The first-order valence-corrected chi connectivity index (χ1v) is 7.30. The van der Waals surface area contributed by atoms with Crippen LogP contribution in [0.15, 0.2) is 35.2 Å². The van der Waals surface area contributed by atoms with Gasteiger partial charge in [-0.2, -0.15) is 0 Å². The first kappa shape index (κ1) is 13.2. The van der Waals surface area contributed by atoms with E-state index >= 15 is 0 Å². The molecular formula is C15H15BrN4. The summed E-state index contributed by atoms with van der Waals surface area (Å²) in [5.41, 5.74) is 2.93. The van der Waals surface area contributed by atoms with Crippen LogP contribution in [0.25, 0.3) is 22.4 Å². The summed E-state index contributed by atoms with van der Waals surface area (Å²) < 4.78 is 3.06. The second-order valence-electron chi connectivity index (χ2n) is 5.12. The number of fused-ring (bicyclic) bond motifs is 1. The maximum absolute atomic E-state index is 4.75. The number of aromatic nitrogens is 4. The first-order chi connectivity index (χ1) is 9.58. The molecule has 0 unspecified atom stereocenters. The summed E-state index contributed by atoms with van der Waals surface area (Å²) in [6, 6.07) is 3.88. The Morgan fingerprint density at radius 1 is 1.25 bits per heavy atom. The van der Waals surface area contributed by atoms with Gasteiger partial charge in [0.25, 0.3) is 0 Å². The SMILES string of the molecule is CC(C)c1nc(-c2cccnc2)nc2c1c(Br)cn2C. The third-order valence-electron chi connectivity index (χ3n) is 3.26. The van der Waals surface area contributed by atoms with E-state index in [1.54, 1.807) is 12.4 Å². The van der Waals surface area contributed by atoms with Gasteiger partial charge in [0, 0.05) is 35.7 Å². The normalized spacial score (nSPS) is 11.4. The lowest BCUT2D eigenvalue weighted by Gasteiger charge is -2.10. The van der Waals surface area contributed by atoms with E-state index in [1.165, 1.54) is 0 Å². The van der Waals surface area contributed by atoms with Crippen molar-refractivity contribution in [3.8, 4) is 11.4 Å². The van der Waals surface area contributed by atoms with Crippen molar-refractivity contribution in [2.75, 3.05) is 0 Å². The summed E-state index contributed by atoms with van der Waals surface area (Å²) in [6.07, 6.45) is 5.58. The van der Waals surface area contributed by atoms with Crippen LogP contribution in [0.4, 0.5) is 0 Å². The predicted octanol–water partition coefficient (Wildman–Crippen LogP) is 3.92. The second-order valence-corrected chi connectivity index (χ2v) is 5.97. The molecule has 0 spiro atoms. The molecule has 0 fully saturated rings. The van der Waals surface area contributed by atoms with Gasteiger partial charge in [-0.25, -0.2) is 9.97 Å². The molecule has 4 nitrogen and oxygen atoms in total. The van der Waals surface area contributed by atoms with Crippen LogP contribution in [0.5, 0.6) is 0 Å². The Morgan fingerprint density at radius 2 is 2.05 bits per heavy atom. The highest BCUT2D eigenvalue weighted by Crippen LogP contribution is 2.32. The zero-order valence-corrected chi connectivity index (χ0v) is 13.2. The van der Waals surface area contributed by atoms with Crippen molar-refractivity contribution < 1.29 is 0 Å². The van der Waals surface area contributed by atoms with Crippen molar-refractivity contribution in [2.24, 2.45) is 7.05 Å². The third kappa shape index (κ3) is 2.12. The molecule has 0 radical (unpaired) electrons. The predicted molar refractivity (Wildman–Crippen MR) is 83.5 cm³/mol. The molecule has 3 aromatic rings. The lowest BCUT2D eigenvalue weighted by molar-refractivity contribution is 0.828. The van der Waals surface area contributed by atoms with Crippen LogP contribution in [0.2, 0.25) is 0 Å². The minimum absolute atomic E-state index is 0.328. The van der Waals surface area contributed by atoms with Gasteiger partial charge in [-0.05, 0) is 34.0 Å². The molecule has 0 saturated heterocycles. The van der Waals surface area contributed by atoms with Crippen LogP contribution in [-0.4, -0.2) is 19.5 Å². The molecule has 0 N–H and O–H groups in total. The van der Waals surface area contributed by atoms with Crippen LogP contribution in [-0.2, 0) is 7.05 Å². The summed E-state index contributed by atoms with van der Waals surface area (Å²) in [7, 11) is 2.00. The average Bonchev–Trinajstić information content (AvgIpc) is 2.74. The highest BCUT2D eigenvalue weighted by Gasteiger charge is 2.17. The quantitative estimate of drug-likeness (QED) is 0.715. The second kappa shape index (κ2) is 4.98. The molecule has 0 atom stereocenters. The molecule has 3 aromatic heterocycles. The molecule has 0 aromatic carbocycles. The highest BCUT2D eigenvalue weighted by atomic mass is 79.9. The van der Waals surface area contributed by atoms with E-state index in [-0.39, 0.29) is 0 Å². The molecule has 0 saturated carbocycles. The van der Waals surface area contributed by atoms with Gasteiger partial charge in [0.05, 0.1) is 11.1 Å². The molecular weight excluding hydrogens is 316 g/mol. The molecule has 20 heavy (non-hydrogen) atoms. The van der Waals surface area contributed by atoms with E-state index in [2.05, 4.69) is 34.8 Å². The van der Waals surface area contributed by atoms with Crippen molar-refractivity contribution >= 4 is 27.0 Å². The maximum Gasteiger partial charge on any atom is 0.163 e. The number of halogens is 1. The fraction of sp³-hybridized carbons (Fsp3) is 0.267. The van der Waals surface area contributed by atoms with Gasteiger partial charge in [0.2, 0.25) is 0 Å². The summed E-state index contributed by atoms with van der Waals surface area (Å²) >= 11 is 3.60. The van der Waals surface area contributed by atoms with E-state index in [9.17, 15) is 0 Å². The Morgan fingerprint density at radius 3 is 2.70 bits per heavy atom. The Labute approximate surface area is 126 Å². The summed E-state index contributed by atoms with van der Waals surface area (Å²) in [5, 5.41) is 1.09. The number of rotatable bonds is 2. The maximum atomic E-state index is 4.75. The Bertz CT molecular complexity index is 762. The van der Waals surface area contributed by atoms with Crippen molar-refractivity contribution in [1.82, 2.24) is 19.5 Å². The number of nitrogens with zero attached hydrogens (tertiary/aromatic N) is 4. The van der Waals surface area contributed by atoms with Crippen molar-refractivity contribution in [3.63, 3.8) is 0 Å². The first-order valence-electron chi connectivity index (χ1n) is 6.50. The smallest absolute Gasteiger partial charge is 0.163 e. The van der Waals surface area contributed by atoms with Crippen LogP contribution in [0.1, 0.15) is 25.5 Å². The molecule has 0 amide bonds. The molecule has 0 aliphatic carbocycles. The summed E-state index contributed by atoms with van der Waals surface area (Å²) in [5.74, 6) is 1.05. The number of hydrogen-bond acceptors (Lipinski definition) is 3. The Hall–Kier alpha value is -1.75. The zero-order valence-electron chi connectivity index (χ0n) is 11.6. The van der Waals surface area contributed by atoms with Gasteiger partial charge in [-0.1, -0.05) is 13.8 Å². The largest absolute Gasteiger partial charge is 0.334 e. The van der Waals surface area contributed by atoms with E-state index in [1.807, 2.05) is 29.9 Å². The van der Waals surface area contributed by atoms with Gasteiger partial charge < -0.3 is 4.57 Å². The van der Waals surface area contributed by atoms with Crippen molar-refractivity contribution in [2.45, 2.75) is 19.8 Å². The molecule has 5 heteroatoms. The third-order valence-corrected chi connectivity index (χ3v) is 3.87. The van der Waals surface area contributed by atoms with Crippen LogP contribution >= 0.6 is 15.9 Å². The summed E-state index contributed by atoms with van der Waals surface area (Å²) in [4.78, 5) is 13.6. The number of hydrogen-bond donors (Lipinski definition) is 0. The van der Waals surface area contributed by atoms with Crippen LogP contribution < -0.4 is 0 Å². The molecule has 3 heterocycles. The van der Waals surface area contributed by atoms with E-state index in [0.29, 0.717) is 5.92 Å². The average molecular weight is 331 g/mol. The van der Waals surface area contributed by atoms with E-state index in [4.69, 9.17) is 9.97 Å².